The van der Waals surface area contributed by atoms with Crippen molar-refractivity contribution in [3.8, 4) is 22.7 Å². The number of aromatic nitrogens is 2. The highest BCUT2D eigenvalue weighted by Crippen LogP contribution is 2.37. The second-order valence-electron chi connectivity index (χ2n) is 9.58. The Labute approximate surface area is 230 Å². The Kier molecular flexibility index (Phi) is 7.63. The fourth-order valence-electron chi connectivity index (χ4n) is 4.53. The lowest BCUT2D eigenvalue weighted by Gasteiger charge is -2.23. The summed E-state index contributed by atoms with van der Waals surface area (Å²) < 4.78 is 28.4. The summed E-state index contributed by atoms with van der Waals surface area (Å²) in [4.78, 5) is 15.0. The maximum absolute atomic E-state index is 13.7. The van der Waals surface area contributed by atoms with Crippen molar-refractivity contribution in [2.75, 3.05) is 6.54 Å². The summed E-state index contributed by atoms with van der Waals surface area (Å²) >= 11 is 3.47. The van der Waals surface area contributed by atoms with Gasteiger partial charge in [-0.25, -0.2) is 9.07 Å². The third kappa shape index (κ3) is 5.66. The zero-order valence-electron chi connectivity index (χ0n) is 21.5. The van der Waals surface area contributed by atoms with Gasteiger partial charge < -0.3 is 14.4 Å². The fourth-order valence-corrected chi connectivity index (χ4v) is 4.79. The smallest absolute Gasteiger partial charge is 0.253 e. The first-order valence-corrected chi connectivity index (χ1v) is 13.4. The van der Waals surface area contributed by atoms with Crippen LogP contribution in [-0.4, -0.2) is 39.3 Å². The largest absolute Gasteiger partial charge is 0.491 e. The van der Waals surface area contributed by atoms with Crippen molar-refractivity contribution in [1.82, 2.24) is 14.7 Å². The van der Waals surface area contributed by atoms with Gasteiger partial charge in [0, 0.05) is 28.3 Å². The van der Waals surface area contributed by atoms with Crippen LogP contribution in [0.2, 0.25) is 0 Å². The van der Waals surface area contributed by atoms with Gasteiger partial charge in [-0.3, -0.25) is 4.79 Å². The molecule has 5 rings (SSSR count). The first-order valence-electron chi connectivity index (χ1n) is 12.6. The molecule has 0 bridgehead atoms. The van der Waals surface area contributed by atoms with Crippen molar-refractivity contribution in [2.24, 2.45) is 0 Å². The van der Waals surface area contributed by atoms with Crippen molar-refractivity contribution in [3.63, 3.8) is 0 Å². The van der Waals surface area contributed by atoms with E-state index in [0.29, 0.717) is 18.7 Å². The number of hydrogen-bond donors (Lipinski definition) is 0. The highest BCUT2D eigenvalue weighted by atomic mass is 79.9. The topological polar surface area (TPSA) is 56.6 Å². The molecule has 0 saturated carbocycles. The maximum Gasteiger partial charge on any atom is 0.253 e. The quantitative estimate of drug-likeness (QED) is 0.233. The number of amides is 1. The van der Waals surface area contributed by atoms with Crippen LogP contribution >= 0.6 is 15.9 Å². The van der Waals surface area contributed by atoms with Crippen LogP contribution in [0, 0.1) is 5.82 Å². The van der Waals surface area contributed by atoms with E-state index in [-0.39, 0.29) is 17.8 Å². The predicted molar refractivity (Wildman–Crippen MR) is 148 cm³/mol. The van der Waals surface area contributed by atoms with E-state index in [9.17, 15) is 9.18 Å². The summed E-state index contributed by atoms with van der Waals surface area (Å²) in [5, 5.41) is 4.84. The third-order valence-corrected chi connectivity index (χ3v) is 6.93. The normalized spacial score (nSPS) is 17.4. The van der Waals surface area contributed by atoms with E-state index >= 15 is 0 Å². The van der Waals surface area contributed by atoms with Crippen LogP contribution in [0.25, 0.3) is 16.9 Å². The van der Waals surface area contributed by atoms with Crippen molar-refractivity contribution < 1.29 is 18.7 Å². The van der Waals surface area contributed by atoms with Gasteiger partial charge >= 0.3 is 0 Å². The minimum atomic E-state index is -0.620. The lowest BCUT2D eigenvalue weighted by molar-refractivity contribution is -0.130. The average molecular weight is 578 g/mol. The van der Waals surface area contributed by atoms with E-state index in [4.69, 9.17) is 14.6 Å². The number of nitrogens with zero attached hydrogens (tertiary/aromatic N) is 3. The number of carbonyl (C=O) groups is 1. The van der Waals surface area contributed by atoms with Crippen molar-refractivity contribution >= 4 is 21.8 Å². The number of hydrogen-bond acceptors (Lipinski definition) is 4. The zero-order valence-corrected chi connectivity index (χ0v) is 23.1. The Balaban J connectivity index is 1.46. The molecule has 2 atom stereocenters. The third-order valence-electron chi connectivity index (χ3n) is 6.40. The molecule has 2 heterocycles. The number of halogens is 2. The zero-order chi connectivity index (χ0) is 26.8. The molecule has 0 radical (unpaired) electrons. The molecular weight excluding hydrogens is 549 g/mol. The Morgan fingerprint density at radius 1 is 1.03 bits per heavy atom. The van der Waals surface area contributed by atoms with Crippen LogP contribution in [0.4, 0.5) is 4.39 Å². The van der Waals surface area contributed by atoms with Gasteiger partial charge in [0.05, 0.1) is 11.8 Å². The highest BCUT2D eigenvalue weighted by Gasteiger charge is 2.40. The SMILES string of the molecule is CC(C)Oc1ccc(CCN2C(=O)[C@H](C)O[C@@H]2c2cn(-c3ccc(Br)cc3)nc2-c2ccc(F)cc2)cc1. The van der Waals surface area contributed by atoms with E-state index in [0.717, 1.165) is 32.6 Å². The maximum atomic E-state index is 13.7. The average Bonchev–Trinajstić information content (AvgIpc) is 3.45. The molecule has 1 aliphatic heterocycles. The first kappa shape index (κ1) is 26.1. The van der Waals surface area contributed by atoms with Crippen LogP contribution < -0.4 is 4.74 Å². The Hall–Kier alpha value is -3.49. The van der Waals surface area contributed by atoms with Gasteiger partial charge in [0.2, 0.25) is 0 Å². The van der Waals surface area contributed by atoms with E-state index in [2.05, 4.69) is 15.9 Å². The Morgan fingerprint density at radius 3 is 2.37 bits per heavy atom. The molecule has 1 aliphatic rings. The van der Waals surface area contributed by atoms with E-state index < -0.39 is 12.3 Å². The number of rotatable bonds is 8. The summed E-state index contributed by atoms with van der Waals surface area (Å²) in [6, 6.07) is 21.9. The second-order valence-corrected chi connectivity index (χ2v) is 10.5. The standard InChI is InChI=1S/C30H29BrFN3O3/c1-19(2)37-26-14-4-21(5-15-26)16-17-34-29(36)20(3)38-30(34)27-18-35(25-12-8-23(31)9-13-25)33-28(27)22-6-10-24(32)11-7-22/h4-15,18-20,30H,16-17H2,1-3H3/t20-,30+/m0/s1. The number of carbonyl (C=O) groups excluding carboxylic acids is 1. The van der Waals surface area contributed by atoms with E-state index in [1.807, 2.05) is 68.6 Å². The number of ether oxygens (including phenoxy) is 2. The number of benzene rings is 3. The molecule has 1 saturated heterocycles. The van der Waals surface area contributed by atoms with Crippen LogP contribution in [0.1, 0.15) is 38.1 Å². The molecule has 0 unspecified atom stereocenters. The van der Waals surface area contributed by atoms with Crippen LogP contribution in [0.3, 0.4) is 0 Å². The summed E-state index contributed by atoms with van der Waals surface area (Å²) in [5.41, 5.74) is 4.08. The molecule has 1 fully saturated rings. The molecule has 1 aromatic heterocycles. The van der Waals surface area contributed by atoms with Crippen LogP contribution in [0.5, 0.6) is 5.75 Å². The van der Waals surface area contributed by atoms with E-state index in [1.54, 1.807) is 28.6 Å². The summed E-state index contributed by atoms with van der Waals surface area (Å²) in [6.07, 6.45) is 1.45. The van der Waals surface area contributed by atoms with Gasteiger partial charge in [-0.2, -0.15) is 5.10 Å². The molecule has 1 amide bonds. The van der Waals surface area contributed by atoms with Gasteiger partial charge in [0.25, 0.3) is 5.91 Å². The van der Waals surface area contributed by atoms with Crippen LogP contribution in [-0.2, 0) is 16.0 Å². The van der Waals surface area contributed by atoms with Crippen molar-refractivity contribution in [1.29, 1.82) is 0 Å². The lowest BCUT2D eigenvalue weighted by Crippen LogP contribution is -2.32. The minimum Gasteiger partial charge on any atom is -0.491 e. The van der Waals surface area contributed by atoms with E-state index in [1.165, 1.54) is 12.1 Å². The first-order chi connectivity index (χ1) is 18.3. The molecule has 196 valence electrons. The summed E-state index contributed by atoms with van der Waals surface area (Å²) in [7, 11) is 0. The second kappa shape index (κ2) is 11.1. The van der Waals surface area contributed by atoms with Gasteiger partial charge in [-0.15, -0.1) is 0 Å². The highest BCUT2D eigenvalue weighted by molar-refractivity contribution is 9.10. The van der Waals surface area contributed by atoms with Crippen molar-refractivity contribution in [3.05, 3.63) is 100 Å². The minimum absolute atomic E-state index is 0.0730. The Bertz CT molecular complexity index is 1400. The van der Waals surface area contributed by atoms with Gasteiger partial charge in [0.1, 0.15) is 23.4 Å². The molecule has 6 nitrogen and oxygen atoms in total. The molecule has 38 heavy (non-hydrogen) atoms. The molecule has 0 N–H and O–H groups in total. The van der Waals surface area contributed by atoms with Crippen LogP contribution in [0.15, 0.2) is 83.5 Å². The predicted octanol–water partition coefficient (Wildman–Crippen LogP) is 6.72. The molecular formula is C30H29BrFN3O3. The van der Waals surface area contributed by atoms with Gasteiger partial charge in [-0.1, -0.05) is 28.1 Å². The van der Waals surface area contributed by atoms with Gasteiger partial charge in [-0.05, 0) is 93.4 Å². The molecule has 0 spiro atoms. The summed E-state index contributed by atoms with van der Waals surface area (Å²) in [6.45, 7) is 6.23. The fraction of sp³-hybridized carbons (Fsp3) is 0.267. The lowest BCUT2D eigenvalue weighted by atomic mass is 10.1. The molecule has 0 aliphatic carbocycles. The molecule has 4 aromatic rings. The van der Waals surface area contributed by atoms with Gasteiger partial charge in [0.15, 0.2) is 6.23 Å². The summed E-state index contributed by atoms with van der Waals surface area (Å²) in [5.74, 6) is 0.423. The monoisotopic (exact) mass is 577 g/mol. The Morgan fingerprint density at radius 2 is 1.71 bits per heavy atom. The van der Waals surface area contributed by atoms with Crippen molar-refractivity contribution in [2.45, 2.75) is 45.6 Å². The molecule has 8 heteroatoms. The molecule has 3 aromatic carbocycles.